The van der Waals surface area contributed by atoms with Crippen LogP contribution in [0.5, 0.6) is 11.5 Å². The summed E-state index contributed by atoms with van der Waals surface area (Å²) in [5.41, 5.74) is 3.95. The number of aromatic nitrogens is 1. The SMILES string of the molecule is CC(C)(O/N=C(\C(=O)N[C@@H]1C(=O)N2C(C(=O)O)=C(CN3CC4CC3CC4NC(=O)c3ccc(O)c(O)c3Cl)CS[C@H]12)c1csc(N)n1)C(=O)O. The lowest BCUT2D eigenvalue weighted by Gasteiger charge is -2.50. The van der Waals surface area contributed by atoms with E-state index >= 15 is 0 Å². The minimum Gasteiger partial charge on any atom is -0.504 e. The third-order valence-electron chi connectivity index (χ3n) is 9.10. The molecule has 17 nitrogen and oxygen atoms in total. The molecule has 3 unspecified atom stereocenters. The summed E-state index contributed by atoms with van der Waals surface area (Å²) in [4.78, 5) is 76.1. The topological polar surface area (TPSA) is 257 Å². The highest BCUT2D eigenvalue weighted by Crippen LogP contribution is 2.43. The molecule has 2 saturated heterocycles. The number of piperidine rings is 1. The molecule has 2 bridgehead atoms. The van der Waals surface area contributed by atoms with Crippen molar-refractivity contribution in [2.75, 3.05) is 24.6 Å². The number of thioether (sulfide) groups is 1. The van der Waals surface area contributed by atoms with Gasteiger partial charge in [0.2, 0.25) is 5.60 Å². The molecular formula is C30H32ClN7O10S2. The number of phenolic OH excluding ortho intramolecular Hbond substituents is 2. The number of thiazole rings is 1. The summed E-state index contributed by atoms with van der Waals surface area (Å²) in [7, 11) is 0. The lowest BCUT2D eigenvalue weighted by molar-refractivity contribution is -0.161. The number of β-lactam (4-membered cyclic amide) rings is 1. The van der Waals surface area contributed by atoms with Crippen molar-refractivity contribution in [1.29, 1.82) is 0 Å². The highest BCUT2D eigenvalue weighted by Gasteiger charge is 2.55. The van der Waals surface area contributed by atoms with Crippen LogP contribution in [0, 0.1) is 5.92 Å². The predicted molar refractivity (Wildman–Crippen MR) is 180 cm³/mol. The van der Waals surface area contributed by atoms with Crippen molar-refractivity contribution in [1.82, 2.24) is 25.4 Å². The van der Waals surface area contributed by atoms with Gasteiger partial charge in [-0.05, 0) is 50.3 Å². The van der Waals surface area contributed by atoms with Crippen LogP contribution in [0.15, 0.2) is 33.9 Å². The molecule has 8 N–H and O–H groups in total. The Hall–Kier alpha value is -4.59. The summed E-state index contributed by atoms with van der Waals surface area (Å²) in [6.45, 7) is 3.34. The summed E-state index contributed by atoms with van der Waals surface area (Å²) < 4.78 is 0. The lowest BCUT2D eigenvalue weighted by Crippen LogP contribution is -2.71. The summed E-state index contributed by atoms with van der Waals surface area (Å²) in [6.07, 6.45) is 1.37. The smallest absolute Gasteiger partial charge is 0.352 e. The van der Waals surface area contributed by atoms with Crippen molar-refractivity contribution < 1.29 is 49.2 Å². The van der Waals surface area contributed by atoms with Gasteiger partial charge in [-0.25, -0.2) is 14.6 Å². The zero-order valence-corrected chi connectivity index (χ0v) is 28.8. The Labute approximate surface area is 297 Å². The molecular weight excluding hydrogens is 718 g/mol. The molecule has 1 aromatic carbocycles. The van der Waals surface area contributed by atoms with E-state index in [-0.39, 0.29) is 50.9 Å². The van der Waals surface area contributed by atoms with E-state index in [1.165, 1.54) is 43.1 Å². The number of nitrogens with zero attached hydrogens (tertiary/aromatic N) is 4. The maximum atomic E-state index is 13.4. The molecule has 2 aromatic rings. The number of nitrogens with one attached hydrogen (secondary N) is 2. The van der Waals surface area contributed by atoms with Crippen LogP contribution in [-0.4, -0.2) is 119 Å². The lowest BCUT2D eigenvalue weighted by atomic mass is 10.00. The fourth-order valence-electron chi connectivity index (χ4n) is 6.45. The molecule has 1 aliphatic carbocycles. The van der Waals surface area contributed by atoms with Gasteiger partial charge in [0.05, 0.1) is 10.6 Å². The molecule has 4 aliphatic rings. The van der Waals surface area contributed by atoms with Gasteiger partial charge in [-0.1, -0.05) is 16.8 Å². The molecule has 0 spiro atoms. The molecule has 0 radical (unpaired) electrons. The fraction of sp³-hybridized carbons (Fsp3) is 0.433. The second kappa shape index (κ2) is 13.3. The Kier molecular flexibility index (Phi) is 9.35. The van der Waals surface area contributed by atoms with Crippen LogP contribution in [0.2, 0.25) is 5.02 Å². The molecule has 1 aromatic heterocycles. The van der Waals surface area contributed by atoms with Crippen LogP contribution in [0.3, 0.4) is 0 Å². The highest BCUT2D eigenvalue weighted by atomic mass is 35.5. The van der Waals surface area contributed by atoms with Crippen molar-refractivity contribution >= 4 is 75.2 Å². The number of rotatable bonds is 11. The number of anilines is 1. The Morgan fingerprint density at radius 1 is 1.18 bits per heavy atom. The van der Waals surface area contributed by atoms with Gasteiger partial charge in [0.25, 0.3) is 17.7 Å². The zero-order valence-electron chi connectivity index (χ0n) is 26.5. The first-order valence-electron chi connectivity index (χ1n) is 15.2. The molecule has 3 aliphatic heterocycles. The second-order valence-electron chi connectivity index (χ2n) is 12.7. The Morgan fingerprint density at radius 3 is 2.54 bits per heavy atom. The first kappa shape index (κ1) is 35.2. The average Bonchev–Trinajstić information content (AvgIpc) is 3.78. The highest BCUT2D eigenvalue weighted by molar-refractivity contribution is 8.00. The number of amides is 3. The number of halogens is 1. The van der Waals surface area contributed by atoms with E-state index in [9.17, 15) is 44.4 Å². The number of carbonyl (C=O) groups is 5. The summed E-state index contributed by atoms with van der Waals surface area (Å²) >= 11 is 8.37. The number of carboxylic acids is 2. The quantitative estimate of drug-likeness (QED) is 0.0733. The van der Waals surface area contributed by atoms with Crippen molar-refractivity contribution in [3.63, 3.8) is 0 Å². The van der Waals surface area contributed by atoms with Gasteiger partial charge in [0.15, 0.2) is 22.3 Å². The standard InChI is InChI=1S/C30H32ClN7O10S2/c1-30(2,28(46)47)48-36-19(16-10-50-29(32)34-16)24(42)35-20-25(43)38-21(27(44)45)12(9-49-26(20)38)8-37-7-11-5-13(37)6-15(11)33-23(41)14-3-4-17(39)22(40)18(14)31/h3-4,10-11,13,15,20,26,39-40H,5-9H2,1-2H3,(H2,32,34)(H,33,41)(H,35,42)(H,44,45)(H,46,47)/b36-19-/t11?,13?,15?,20-,26-/m1/s1. The number of likely N-dealkylation sites (tertiary alicyclic amines) is 1. The number of aromatic hydroxyl groups is 2. The van der Waals surface area contributed by atoms with Gasteiger partial charge in [0, 0.05) is 36.3 Å². The molecule has 1 saturated carbocycles. The number of benzene rings is 1. The second-order valence-corrected chi connectivity index (χ2v) is 15.1. The number of hydrogen-bond acceptors (Lipinski definition) is 14. The maximum absolute atomic E-state index is 13.4. The molecule has 3 amide bonds. The van der Waals surface area contributed by atoms with Gasteiger partial charge in [-0.15, -0.1) is 23.1 Å². The minimum absolute atomic E-state index is 0.00434. The molecule has 5 atom stereocenters. The molecule has 20 heteroatoms. The largest absolute Gasteiger partial charge is 0.504 e. The van der Waals surface area contributed by atoms with E-state index in [1.54, 1.807) is 0 Å². The molecule has 6 rings (SSSR count). The zero-order chi connectivity index (χ0) is 36.2. The van der Waals surface area contributed by atoms with Crippen LogP contribution in [0.4, 0.5) is 5.13 Å². The van der Waals surface area contributed by atoms with Crippen LogP contribution in [-0.2, 0) is 24.0 Å². The number of nitrogen functional groups attached to an aromatic ring is 1. The van der Waals surface area contributed by atoms with Crippen molar-refractivity contribution in [3.8, 4) is 11.5 Å². The van der Waals surface area contributed by atoms with Crippen molar-refractivity contribution in [2.24, 2.45) is 11.1 Å². The Morgan fingerprint density at radius 2 is 1.92 bits per heavy atom. The monoisotopic (exact) mass is 749 g/mol. The van der Waals surface area contributed by atoms with Crippen LogP contribution in [0.25, 0.3) is 0 Å². The van der Waals surface area contributed by atoms with Gasteiger partial charge in [-0.3, -0.25) is 24.2 Å². The minimum atomic E-state index is -1.79. The number of fused-ring (bicyclic) bond motifs is 3. The number of carboxylic acid groups (broad SMARTS) is 2. The van der Waals surface area contributed by atoms with E-state index in [0.29, 0.717) is 25.1 Å². The number of nitrogens with two attached hydrogens (primary N) is 1. The summed E-state index contributed by atoms with van der Waals surface area (Å²) in [6, 6.07) is 1.28. The van der Waals surface area contributed by atoms with E-state index in [0.717, 1.165) is 22.7 Å². The third-order valence-corrected chi connectivity index (χ3v) is 11.5. The summed E-state index contributed by atoms with van der Waals surface area (Å²) in [5.74, 6) is -5.29. The van der Waals surface area contributed by atoms with E-state index in [2.05, 4.69) is 25.7 Å². The number of oxime groups is 1. The number of phenols is 2. The van der Waals surface area contributed by atoms with Gasteiger partial charge in [0.1, 0.15) is 22.8 Å². The van der Waals surface area contributed by atoms with Crippen LogP contribution in [0.1, 0.15) is 42.7 Å². The average molecular weight is 750 g/mol. The van der Waals surface area contributed by atoms with Crippen molar-refractivity contribution in [3.05, 3.63) is 45.1 Å². The van der Waals surface area contributed by atoms with Crippen LogP contribution >= 0.6 is 34.7 Å². The maximum Gasteiger partial charge on any atom is 0.352 e. The fourth-order valence-corrected chi connectivity index (χ4v) is 8.58. The number of aliphatic carboxylic acids is 2. The molecule has 50 heavy (non-hydrogen) atoms. The molecule has 4 heterocycles. The third kappa shape index (κ3) is 6.40. The summed E-state index contributed by atoms with van der Waals surface area (Å²) in [5, 5.41) is 48.9. The number of hydrogen-bond donors (Lipinski definition) is 7. The molecule has 3 fully saturated rings. The Balaban J connectivity index is 1.11. The van der Waals surface area contributed by atoms with Crippen LogP contribution < -0.4 is 16.4 Å². The normalized spacial score (nSPS) is 24.9. The van der Waals surface area contributed by atoms with Gasteiger partial charge in [-0.2, -0.15) is 0 Å². The van der Waals surface area contributed by atoms with Crippen molar-refractivity contribution in [2.45, 2.75) is 55.8 Å². The first-order chi connectivity index (χ1) is 23.6. The van der Waals surface area contributed by atoms with Gasteiger partial charge < -0.3 is 41.6 Å². The first-order valence-corrected chi connectivity index (χ1v) is 17.5. The Bertz CT molecular complexity index is 1870. The molecule has 266 valence electrons. The van der Waals surface area contributed by atoms with E-state index in [1.807, 2.05) is 0 Å². The number of carbonyl (C=O) groups excluding carboxylic acids is 3. The predicted octanol–water partition coefficient (Wildman–Crippen LogP) is 1.01. The van der Waals surface area contributed by atoms with Gasteiger partial charge >= 0.3 is 11.9 Å². The van der Waals surface area contributed by atoms with E-state index in [4.69, 9.17) is 22.2 Å². The van der Waals surface area contributed by atoms with E-state index < -0.39 is 63.9 Å².